The first-order valence-electron chi connectivity index (χ1n) is 12.4. The lowest BCUT2D eigenvalue weighted by atomic mass is 10.1. The van der Waals surface area contributed by atoms with Crippen molar-refractivity contribution in [2.75, 3.05) is 19.8 Å². The molecule has 0 aliphatic rings. The quantitative estimate of drug-likeness (QED) is 0.336. The normalized spacial score (nSPS) is 13.4. The van der Waals surface area contributed by atoms with Crippen molar-refractivity contribution in [1.82, 2.24) is 14.7 Å². The number of aliphatic hydroxyl groups is 1. The zero-order valence-electron chi connectivity index (χ0n) is 21.4. The Morgan fingerprint density at radius 2 is 1.71 bits per heavy atom. The fourth-order valence-electron chi connectivity index (χ4n) is 3.81. The highest BCUT2D eigenvalue weighted by molar-refractivity contribution is 5.43. The molecule has 1 heterocycles. The van der Waals surface area contributed by atoms with Crippen molar-refractivity contribution >= 4 is 0 Å². The van der Waals surface area contributed by atoms with Crippen molar-refractivity contribution in [3.05, 3.63) is 71.7 Å². The number of hydrogen-bond acceptors (Lipinski definition) is 5. The number of halogens is 1. The second-order valence-corrected chi connectivity index (χ2v) is 9.44. The molecule has 0 radical (unpaired) electrons. The Kier molecular flexibility index (Phi) is 9.83. The fraction of sp³-hybridized carbons (Fsp3) is 0.464. The van der Waals surface area contributed by atoms with E-state index >= 15 is 0 Å². The van der Waals surface area contributed by atoms with Crippen molar-refractivity contribution in [2.24, 2.45) is 5.92 Å². The van der Waals surface area contributed by atoms with E-state index in [1.54, 1.807) is 16.8 Å². The smallest absolute Gasteiger partial charge is 0.227 e. The second-order valence-electron chi connectivity index (χ2n) is 9.44. The topological polar surface area (TPSA) is 59.8 Å². The van der Waals surface area contributed by atoms with Crippen LogP contribution in [0.5, 0.6) is 11.6 Å². The summed E-state index contributed by atoms with van der Waals surface area (Å²) >= 11 is 0. The van der Waals surface area contributed by atoms with Crippen molar-refractivity contribution < 1.29 is 19.0 Å². The SMILES string of the molecule is CC[C@@H](C)N(Cc1c(C)nn(-c2ccccc2)c1Oc1ccc(F)cc1)C[C@@H](O)COCC(C)C. The zero-order valence-corrected chi connectivity index (χ0v) is 21.4. The van der Waals surface area contributed by atoms with Crippen molar-refractivity contribution in [3.8, 4) is 17.3 Å². The van der Waals surface area contributed by atoms with Crippen LogP contribution in [0.4, 0.5) is 4.39 Å². The Labute approximate surface area is 208 Å². The monoisotopic (exact) mass is 483 g/mol. The van der Waals surface area contributed by atoms with Crippen LogP contribution in [0.1, 0.15) is 45.4 Å². The standard InChI is InChI=1S/C28H38FN3O3/c1-6-21(4)31(16-25(33)19-34-18-20(2)3)17-27-22(5)30-32(24-10-8-7-9-11-24)28(27)35-26-14-12-23(29)13-15-26/h7-15,20-21,25,33H,6,16-19H2,1-5H3/t21-,25-/m1/s1. The Morgan fingerprint density at radius 3 is 2.34 bits per heavy atom. The lowest BCUT2D eigenvalue weighted by Crippen LogP contribution is -2.40. The highest BCUT2D eigenvalue weighted by Gasteiger charge is 2.24. The fourth-order valence-corrected chi connectivity index (χ4v) is 3.81. The maximum absolute atomic E-state index is 13.5. The third-order valence-electron chi connectivity index (χ3n) is 5.95. The molecule has 0 amide bonds. The largest absolute Gasteiger partial charge is 0.439 e. The molecule has 0 saturated carbocycles. The van der Waals surface area contributed by atoms with Crippen LogP contribution in [0, 0.1) is 18.7 Å². The average Bonchev–Trinajstić information content (AvgIpc) is 3.14. The van der Waals surface area contributed by atoms with Gasteiger partial charge in [0.2, 0.25) is 5.88 Å². The minimum Gasteiger partial charge on any atom is -0.439 e. The van der Waals surface area contributed by atoms with Gasteiger partial charge in [-0.05, 0) is 62.6 Å². The summed E-state index contributed by atoms with van der Waals surface area (Å²) < 4.78 is 27.2. The Bertz CT molecular complexity index is 1040. The molecule has 0 spiro atoms. The van der Waals surface area contributed by atoms with E-state index in [9.17, 15) is 9.50 Å². The summed E-state index contributed by atoms with van der Waals surface area (Å²) in [7, 11) is 0. The van der Waals surface area contributed by atoms with Gasteiger partial charge in [-0.3, -0.25) is 4.90 Å². The molecule has 0 saturated heterocycles. The molecule has 6 nitrogen and oxygen atoms in total. The number of hydrogen-bond donors (Lipinski definition) is 1. The number of nitrogens with zero attached hydrogens (tertiary/aromatic N) is 3. The van der Waals surface area contributed by atoms with Crippen LogP contribution in [-0.4, -0.2) is 51.7 Å². The molecule has 35 heavy (non-hydrogen) atoms. The summed E-state index contributed by atoms with van der Waals surface area (Å²) in [5.41, 5.74) is 2.63. The first-order chi connectivity index (χ1) is 16.8. The summed E-state index contributed by atoms with van der Waals surface area (Å²) in [5, 5.41) is 15.5. The van der Waals surface area contributed by atoms with Crippen LogP contribution in [0.3, 0.4) is 0 Å². The average molecular weight is 484 g/mol. The molecule has 7 heteroatoms. The van der Waals surface area contributed by atoms with E-state index in [0.29, 0.717) is 43.9 Å². The van der Waals surface area contributed by atoms with E-state index in [2.05, 4.69) is 32.6 Å². The molecule has 3 rings (SSSR count). The first-order valence-corrected chi connectivity index (χ1v) is 12.4. The minimum absolute atomic E-state index is 0.230. The maximum Gasteiger partial charge on any atom is 0.227 e. The van der Waals surface area contributed by atoms with Gasteiger partial charge in [-0.15, -0.1) is 0 Å². The molecule has 2 aromatic carbocycles. The lowest BCUT2D eigenvalue weighted by Gasteiger charge is -2.30. The van der Waals surface area contributed by atoms with Gasteiger partial charge >= 0.3 is 0 Å². The van der Waals surface area contributed by atoms with E-state index in [4.69, 9.17) is 14.6 Å². The minimum atomic E-state index is -0.603. The number of rotatable bonds is 13. The van der Waals surface area contributed by atoms with Gasteiger partial charge in [-0.2, -0.15) is 5.10 Å². The van der Waals surface area contributed by atoms with Crippen LogP contribution in [0.2, 0.25) is 0 Å². The number of aromatic nitrogens is 2. The summed E-state index contributed by atoms with van der Waals surface area (Å²) in [6, 6.07) is 16.0. The predicted octanol–water partition coefficient (Wildman–Crippen LogP) is 5.75. The molecule has 0 unspecified atom stereocenters. The molecule has 3 aromatic rings. The summed E-state index contributed by atoms with van der Waals surface area (Å²) in [6.07, 6.45) is 0.327. The third-order valence-corrected chi connectivity index (χ3v) is 5.95. The van der Waals surface area contributed by atoms with Gasteiger partial charge in [0.15, 0.2) is 0 Å². The van der Waals surface area contributed by atoms with E-state index < -0.39 is 6.10 Å². The van der Waals surface area contributed by atoms with Crippen LogP contribution in [0.25, 0.3) is 5.69 Å². The highest BCUT2D eigenvalue weighted by Crippen LogP contribution is 2.32. The van der Waals surface area contributed by atoms with Crippen molar-refractivity contribution in [3.63, 3.8) is 0 Å². The summed E-state index contributed by atoms with van der Waals surface area (Å²) in [6.45, 7) is 12.4. The van der Waals surface area contributed by atoms with E-state index in [-0.39, 0.29) is 11.9 Å². The molecule has 0 fully saturated rings. The molecular formula is C28H38FN3O3. The van der Waals surface area contributed by atoms with Gasteiger partial charge in [0, 0.05) is 25.7 Å². The molecule has 0 bridgehead atoms. The van der Waals surface area contributed by atoms with Gasteiger partial charge in [-0.1, -0.05) is 39.0 Å². The first kappa shape index (κ1) is 26.9. The lowest BCUT2D eigenvalue weighted by molar-refractivity contribution is -0.0000188. The maximum atomic E-state index is 13.5. The van der Waals surface area contributed by atoms with Crippen LogP contribution in [0.15, 0.2) is 54.6 Å². The number of aliphatic hydroxyl groups excluding tert-OH is 1. The Hall–Kier alpha value is -2.74. The molecule has 2 atom stereocenters. The van der Waals surface area contributed by atoms with Gasteiger partial charge < -0.3 is 14.6 Å². The molecule has 1 N–H and O–H groups in total. The second kappa shape index (κ2) is 12.8. The van der Waals surface area contributed by atoms with Crippen LogP contribution >= 0.6 is 0 Å². The highest BCUT2D eigenvalue weighted by atomic mass is 19.1. The molecule has 190 valence electrons. The molecule has 0 aliphatic carbocycles. The number of benzene rings is 2. The van der Waals surface area contributed by atoms with Crippen LogP contribution in [-0.2, 0) is 11.3 Å². The molecule has 1 aromatic heterocycles. The van der Waals surface area contributed by atoms with Gasteiger partial charge in [0.25, 0.3) is 0 Å². The van der Waals surface area contributed by atoms with Crippen molar-refractivity contribution in [2.45, 2.75) is 59.7 Å². The van der Waals surface area contributed by atoms with E-state index in [1.165, 1.54) is 12.1 Å². The summed E-state index contributed by atoms with van der Waals surface area (Å²) in [4.78, 5) is 2.24. The number of para-hydroxylation sites is 1. The predicted molar refractivity (Wildman–Crippen MR) is 137 cm³/mol. The van der Waals surface area contributed by atoms with Crippen molar-refractivity contribution in [1.29, 1.82) is 0 Å². The third kappa shape index (κ3) is 7.62. The summed E-state index contributed by atoms with van der Waals surface area (Å²) in [5.74, 6) is 1.22. The van der Waals surface area contributed by atoms with E-state index in [1.807, 2.05) is 37.3 Å². The molecule has 0 aliphatic heterocycles. The Morgan fingerprint density at radius 1 is 1.03 bits per heavy atom. The molecular weight excluding hydrogens is 445 g/mol. The number of ether oxygens (including phenoxy) is 2. The van der Waals surface area contributed by atoms with Crippen LogP contribution < -0.4 is 4.74 Å². The number of aryl methyl sites for hydroxylation is 1. The van der Waals surface area contributed by atoms with Gasteiger partial charge in [0.05, 0.1) is 29.7 Å². The van der Waals surface area contributed by atoms with Gasteiger partial charge in [0.1, 0.15) is 11.6 Å². The van der Waals surface area contributed by atoms with E-state index in [0.717, 1.165) is 23.4 Å². The Balaban J connectivity index is 1.91. The van der Waals surface area contributed by atoms with Gasteiger partial charge in [-0.25, -0.2) is 9.07 Å². The zero-order chi connectivity index (χ0) is 25.4.